The molecule has 3 rings (SSSR count). The summed E-state index contributed by atoms with van der Waals surface area (Å²) in [5.41, 5.74) is 0.481. The summed E-state index contributed by atoms with van der Waals surface area (Å²) < 4.78 is 2.80. The van der Waals surface area contributed by atoms with Crippen molar-refractivity contribution in [1.29, 1.82) is 0 Å². The summed E-state index contributed by atoms with van der Waals surface area (Å²) in [5, 5.41) is 8.76. The van der Waals surface area contributed by atoms with Gasteiger partial charge in [-0.05, 0) is 34.5 Å². The zero-order valence-corrected chi connectivity index (χ0v) is 13.9. The van der Waals surface area contributed by atoms with Gasteiger partial charge in [-0.2, -0.15) is 0 Å². The summed E-state index contributed by atoms with van der Waals surface area (Å²) in [4.78, 5) is 14.1. The summed E-state index contributed by atoms with van der Waals surface area (Å²) >= 11 is 9.52. The van der Waals surface area contributed by atoms with Gasteiger partial charge in [0.1, 0.15) is 5.82 Å². The maximum atomic E-state index is 12.5. The molecule has 2 heterocycles. The minimum absolute atomic E-state index is 0.128. The van der Waals surface area contributed by atoms with Crippen LogP contribution in [0, 0.1) is 0 Å². The molecule has 1 aromatic carbocycles. The standard InChI is InChI=1S/C14H14BrClN4O/c1-19(8-12-18-17-11-6-3-7-20(11)12)14(21)9-4-2-5-10(15)13(9)16/h2,4-5H,3,6-8H2,1H3. The quantitative estimate of drug-likeness (QED) is 0.836. The van der Waals surface area contributed by atoms with Crippen molar-refractivity contribution in [2.45, 2.75) is 25.9 Å². The zero-order chi connectivity index (χ0) is 15.0. The molecule has 21 heavy (non-hydrogen) atoms. The van der Waals surface area contributed by atoms with Crippen molar-refractivity contribution >= 4 is 33.4 Å². The van der Waals surface area contributed by atoms with Crippen LogP contribution in [0.15, 0.2) is 22.7 Å². The molecule has 1 aliphatic rings. The lowest BCUT2D eigenvalue weighted by Crippen LogP contribution is -2.28. The van der Waals surface area contributed by atoms with Crippen LogP contribution >= 0.6 is 27.5 Å². The van der Waals surface area contributed by atoms with E-state index >= 15 is 0 Å². The van der Waals surface area contributed by atoms with E-state index in [4.69, 9.17) is 11.6 Å². The molecule has 0 aliphatic carbocycles. The smallest absolute Gasteiger partial charge is 0.255 e. The van der Waals surface area contributed by atoms with Crippen molar-refractivity contribution in [3.05, 3.63) is 44.9 Å². The molecule has 0 radical (unpaired) electrons. The summed E-state index contributed by atoms with van der Waals surface area (Å²) in [6.45, 7) is 1.35. The number of nitrogens with zero attached hydrogens (tertiary/aromatic N) is 4. The SMILES string of the molecule is CN(Cc1nnc2n1CCC2)C(=O)c1cccc(Br)c1Cl. The van der Waals surface area contributed by atoms with E-state index in [2.05, 4.69) is 30.7 Å². The molecule has 1 aliphatic heterocycles. The first-order valence-electron chi connectivity index (χ1n) is 6.68. The Hall–Kier alpha value is -1.40. The second-order valence-corrected chi connectivity index (χ2v) is 6.28. The van der Waals surface area contributed by atoms with Gasteiger partial charge in [0.05, 0.1) is 17.1 Å². The Balaban J connectivity index is 1.80. The molecule has 0 saturated carbocycles. The van der Waals surface area contributed by atoms with Crippen molar-refractivity contribution < 1.29 is 4.79 Å². The van der Waals surface area contributed by atoms with Crippen LogP contribution in [0.2, 0.25) is 5.02 Å². The largest absolute Gasteiger partial charge is 0.334 e. The Morgan fingerprint density at radius 1 is 1.48 bits per heavy atom. The number of benzene rings is 1. The van der Waals surface area contributed by atoms with Crippen LogP contribution in [-0.2, 0) is 19.5 Å². The van der Waals surface area contributed by atoms with Gasteiger partial charge < -0.3 is 9.47 Å². The maximum absolute atomic E-state index is 12.5. The van der Waals surface area contributed by atoms with Gasteiger partial charge in [0.2, 0.25) is 0 Å². The van der Waals surface area contributed by atoms with Crippen LogP contribution in [0.5, 0.6) is 0 Å². The van der Waals surface area contributed by atoms with E-state index in [0.717, 1.165) is 31.0 Å². The highest BCUT2D eigenvalue weighted by Crippen LogP contribution is 2.27. The van der Waals surface area contributed by atoms with E-state index < -0.39 is 0 Å². The van der Waals surface area contributed by atoms with Crippen LogP contribution in [-0.4, -0.2) is 32.6 Å². The number of carbonyl (C=O) groups is 1. The minimum atomic E-state index is -0.128. The average molecular weight is 370 g/mol. The topological polar surface area (TPSA) is 51.0 Å². The van der Waals surface area contributed by atoms with Gasteiger partial charge in [-0.1, -0.05) is 17.7 Å². The number of carbonyl (C=O) groups excluding carboxylic acids is 1. The van der Waals surface area contributed by atoms with E-state index in [1.54, 1.807) is 24.1 Å². The third kappa shape index (κ3) is 2.70. The molecule has 110 valence electrons. The first-order valence-corrected chi connectivity index (χ1v) is 7.85. The number of rotatable bonds is 3. The number of aryl methyl sites for hydroxylation is 1. The van der Waals surface area contributed by atoms with E-state index in [1.165, 1.54) is 0 Å². The van der Waals surface area contributed by atoms with Crippen LogP contribution in [0.4, 0.5) is 0 Å². The predicted molar refractivity (Wildman–Crippen MR) is 83.3 cm³/mol. The lowest BCUT2D eigenvalue weighted by Gasteiger charge is -2.18. The molecule has 1 amide bonds. The second kappa shape index (κ2) is 5.77. The fourth-order valence-electron chi connectivity index (χ4n) is 2.49. The monoisotopic (exact) mass is 368 g/mol. The van der Waals surface area contributed by atoms with E-state index in [1.807, 2.05) is 6.07 Å². The third-order valence-electron chi connectivity index (χ3n) is 3.59. The van der Waals surface area contributed by atoms with Crippen molar-refractivity contribution in [1.82, 2.24) is 19.7 Å². The number of amides is 1. The normalized spacial score (nSPS) is 13.3. The third-order valence-corrected chi connectivity index (χ3v) is 4.89. The molecule has 0 saturated heterocycles. The lowest BCUT2D eigenvalue weighted by atomic mass is 10.2. The van der Waals surface area contributed by atoms with Crippen LogP contribution < -0.4 is 0 Å². The van der Waals surface area contributed by atoms with Gasteiger partial charge in [0.15, 0.2) is 5.82 Å². The maximum Gasteiger partial charge on any atom is 0.255 e. The van der Waals surface area contributed by atoms with Crippen LogP contribution in [0.25, 0.3) is 0 Å². The molecule has 1 aromatic heterocycles. The predicted octanol–water partition coefficient (Wildman–Crippen LogP) is 2.91. The fourth-order valence-corrected chi connectivity index (χ4v) is 3.06. The Bertz CT molecular complexity index is 700. The lowest BCUT2D eigenvalue weighted by molar-refractivity contribution is 0.0780. The molecule has 7 heteroatoms. The molecule has 5 nitrogen and oxygen atoms in total. The summed E-state index contributed by atoms with van der Waals surface area (Å²) in [7, 11) is 1.75. The number of hydrogen-bond acceptors (Lipinski definition) is 3. The highest BCUT2D eigenvalue weighted by molar-refractivity contribution is 9.10. The first-order chi connectivity index (χ1) is 10.1. The van der Waals surface area contributed by atoms with Crippen LogP contribution in [0.3, 0.4) is 0 Å². The summed E-state index contributed by atoms with van der Waals surface area (Å²) in [6, 6.07) is 5.33. The summed E-state index contributed by atoms with van der Waals surface area (Å²) in [6.07, 6.45) is 2.05. The van der Waals surface area contributed by atoms with Gasteiger partial charge in [-0.3, -0.25) is 4.79 Å². The highest BCUT2D eigenvalue weighted by atomic mass is 79.9. The average Bonchev–Trinajstić information content (AvgIpc) is 3.06. The molecular weight excluding hydrogens is 356 g/mol. The Morgan fingerprint density at radius 3 is 3.10 bits per heavy atom. The van der Waals surface area contributed by atoms with E-state index in [0.29, 0.717) is 21.6 Å². The fraction of sp³-hybridized carbons (Fsp3) is 0.357. The van der Waals surface area contributed by atoms with Gasteiger partial charge in [-0.25, -0.2) is 0 Å². The van der Waals surface area contributed by atoms with E-state index in [9.17, 15) is 4.79 Å². The van der Waals surface area contributed by atoms with Crippen molar-refractivity contribution in [3.63, 3.8) is 0 Å². The zero-order valence-electron chi connectivity index (χ0n) is 11.5. The highest BCUT2D eigenvalue weighted by Gasteiger charge is 2.21. The summed E-state index contributed by atoms with van der Waals surface area (Å²) in [5.74, 6) is 1.70. The molecule has 0 N–H and O–H groups in total. The molecular formula is C14H14BrClN4O. The minimum Gasteiger partial charge on any atom is -0.334 e. The van der Waals surface area contributed by atoms with Crippen molar-refractivity contribution in [3.8, 4) is 0 Å². The first kappa shape index (κ1) is 14.5. The van der Waals surface area contributed by atoms with Gasteiger partial charge in [-0.15, -0.1) is 10.2 Å². The number of fused-ring (bicyclic) bond motifs is 1. The molecule has 0 atom stereocenters. The van der Waals surface area contributed by atoms with Gasteiger partial charge >= 0.3 is 0 Å². The van der Waals surface area contributed by atoms with Crippen LogP contribution in [0.1, 0.15) is 28.4 Å². The molecule has 0 spiro atoms. The van der Waals surface area contributed by atoms with E-state index in [-0.39, 0.29) is 5.91 Å². The number of halogens is 2. The Kier molecular flexibility index (Phi) is 3.99. The molecule has 0 bridgehead atoms. The Morgan fingerprint density at radius 2 is 2.29 bits per heavy atom. The van der Waals surface area contributed by atoms with Crippen molar-refractivity contribution in [2.24, 2.45) is 0 Å². The Labute approximate surface area is 136 Å². The second-order valence-electron chi connectivity index (χ2n) is 5.05. The number of aromatic nitrogens is 3. The number of hydrogen-bond donors (Lipinski definition) is 0. The van der Waals surface area contributed by atoms with Gasteiger partial charge in [0.25, 0.3) is 5.91 Å². The van der Waals surface area contributed by atoms with Crippen molar-refractivity contribution in [2.75, 3.05) is 7.05 Å². The molecule has 0 fully saturated rings. The van der Waals surface area contributed by atoms with Gasteiger partial charge in [0, 0.05) is 24.5 Å². The molecule has 2 aromatic rings. The molecule has 0 unspecified atom stereocenters.